The Hall–Kier alpha value is -1.64. The lowest BCUT2D eigenvalue weighted by atomic mass is 10.1. The van der Waals surface area contributed by atoms with Crippen molar-refractivity contribution in [1.29, 1.82) is 0 Å². The summed E-state index contributed by atoms with van der Waals surface area (Å²) in [5.41, 5.74) is 10.0. The molecular weight excluding hydrogens is 306 g/mol. The van der Waals surface area contributed by atoms with E-state index in [0.29, 0.717) is 5.02 Å². The van der Waals surface area contributed by atoms with Crippen LogP contribution in [0.1, 0.15) is 12.8 Å². The molecule has 1 aromatic carbocycles. The summed E-state index contributed by atoms with van der Waals surface area (Å²) in [6.07, 6.45) is -0.256. The molecule has 5 N–H and O–H groups in total. The molecule has 0 saturated heterocycles. The third-order valence-corrected chi connectivity index (χ3v) is 4.18. The summed E-state index contributed by atoms with van der Waals surface area (Å²) in [5, 5.41) is 0.379. The van der Waals surface area contributed by atoms with Gasteiger partial charge in [0.1, 0.15) is 6.04 Å². The molecule has 0 unspecified atom stereocenters. The molecule has 0 aromatic heterocycles. The Balaban J connectivity index is 2.88. The molecule has 7 nitrogen and oxygen atoms in total. The second-order valence-electron chi connectivity index (χ2n) is 4.04. The Morgan fingerprint density at radius 1 is 1.20 bits per heavy atom. The van der Waals surface area contributed by atoms with Crippen molar-refractivity contribution in [2.45, 2.75) is 23.8 Å². The van der Waals surface area contributed by atoms with Crippen LogP contribution in [0.2, 0.25) is 5.02 Å². The summed E-state index contributed by atoms with van der Waals surface area (Å²) >= 11 is 5.66. The van der Waals surface area contributed by atoms with E-state index in [-0.39, 0.29) is 17.7 Å². The molecule has 110 valence electrons. The van der Waals surface area contributed by atoms with Crippen molar-refractivity contribution in [3.8, 4) is 0 Å². The molecule has 0 aliphatic heterocycles. The fourth-order valence-electron chi connectivity index (χ4n) is 1.41. The number of nitrogens with two attached hydrogens (primary N) is 2. The van der Waals surface area contributed by atoms with Gasteiger partial charge in [0.2, 0.25) is 21.8 Å². The van der Waals surface area contributed by atoms with Crippen LogP contribution in [0.5, 0.6) is 0 Å². The molecule has 0 aliphatic carbocycles. The highest BCUT2D eigenvalue weighted by Crippen LogP contribution is 2.14. The number of halogens is 1. The Morgan fingerprint density at radius 3 is 2.20 bits per heavy atom. The molecule has 1 atom stereocenters. The molecule has 1 rings (SSSR count). The van der Waals surface area contributed by atoms with Gasteiger partial charge in [0.15, 0.2) is 0 Å². The van der Waals surface area contributed by atoms with Gasteiger partial charge in [-0.2, -0.15) is 4.72 Å². The number of benzene rings is 1. The highest BCUT2D eigenvalue weighted by molar-refractivity contribution is 7.89. The van der Waals surface area contributed by atoms with Crippen molar-refractivity contribution in [2.75, 3.05) is 0 Å². The van der Waals surface area contributed by atoms with Gasteiger partial charge in [0.25, 0.3) is 0 Å². The van der Waals surface area contributed by atoms with E-state index >= 15 is 0 Å². The molecule has 0 fully saturated rings. The number of carbonyl (C=O) groups excluding carboxylic acids is 2. The lowest BCUT2D eigenvalue weighted by Crippen LogP contribution is -2.44. The number of hydrogen-bond donors (Lipinski definition) is 3. The maximum Gasteiger partial charge on any atom is 0.241 e. The van der Waals surface area contributed by atoms with Crippen LogP contribution in [0.4, 0.5) is 0 Å². The van der Waals surface area contributed by atoms with Gasteiger partial charge >= 0.3 is 0 Å². The monoisotopic (exact) mass is 319 g/mol. The smallest absolute Gasteiger partial charge is 0.241 e. The first kappa shape index (κ1) is 16.4. The molecule has 0 bridgehead atoms. The quantitative estimate of drug-likeness (QED) is 0.638. The number of primary amides is 2. The van der Waals surface area contributed by atoms with E-state index < -0.39 is 27.9 Å². The second kappa shape index (κ2) is 6.69. The van der Waals surface area contributed by atoms with E-state index in [1.165, 1.54) is 24.3 Å². The zero-order valence-electron chi connectivity index (χ0n) is 10.4. The van der Waals surface area contributed by atoms with Crippen molar-refractivity contribution in [3.05, 3.63) is 29.3 Å². The van der Waals surface area contributed by atoms with Gasteiger partial charge < -0.3 is 11.5 Å². The number of nitrogens with one attached hydrogen (secondary N) is 1. The average molecular weight is 320 g/mol. The topological polar surface area (TPSA) is 132 Å². The molecular formula is C11H14ClN3O4S. The van der Waals surface area contributed by atoms with Crippen molar-refractivity contribution in [1.82, 2.24) is 4.72 Å². The van der Waals surface area contributed by atoms with Crippen molar-refractivity contribution < 1.29 is 18.0 Å². The van der Waals surface area contributed by atoms with Crippen molar-refractivity contribution >= 4 is 33.4 Å². The normalized spacial score (nSPS) is 12.8. The molecule has 0 heterocycles. The zero-order valence-corrected chi connectivity index (χ0v) is 11.9. The Morgan fingerprint density at radius 2 is 1.75 bits per heavy atom. The van der Waals surface area contributed by atoms with E-state index in [1.807, 2.05) is 0 Å². The van der Waals surface area contributed by atoms with Crippen LogP contribution < -0.4 is 16.2 Å². The third kappa shape index (κ3) is 4.80. The highest BCUT2D eigenvalue weighted by atomic mass is 35.5. The minimum absolute atomic E-state index is 0.0628. The standard InChI is InChI=1S/C11H14ClN3O4S/c12-7-1-3-8(4-2-7)20(18,19)15-9(11(14)17)5-6-10(13)16/h1-4,9,15H,5-6H2,(H2,13,16)(H2,14,17)/t9-/m0/s1. The molecule has 9 heteroatoms. The van der Waals surface area contributed by atoms with Crippen LogP contribution >= 0.6 is 11.6 Å². The SMILES string of the molecule is NC(=O)CC[C@H](NS(=O)(=O)c1ccc(Cl)cc1)C(N)=O. The third-order valence-electron chi connectivity index (χ3n) is 2.44. The van der Waals surface area contributed by atoms with Crippen molar-refractivity contribution in [3.63, 3.8) is 0 Å². The van der Waals surface area contributed by atoms with Gasteiger partial charge in [-0.25, -0.2) is 8.42 Å². The molecule has 1 aromatic rings. The van der Waals surface area contributed by atoms with E-state index in [4.69, 9.17) is 23.1 Å². The lowest BCUT2D eigenvalue weighted by molar-refractivity contribution is -0.120. The molecule has 20 heavy (non-hydrogen) atoms. The van der Waals surface area contributed by atoms with Gasteiger partial charge in [-0.3, -0.25) is 9.59 Å². The van der Waals surface area contributed by atoms with Gasteiger partial charge in [-0.1, -0.05) is 11.6 Å². The summed E-state index contributed by atoms with van der Waals surface area (Å²) in [7, 11) is -3.93. The Labute approximate surface area is 121 Å². The van der Waals surface area contributed by atoms with Crippen LogP contribution in [0.3, 0.4) is 0 Å². The largest absolute Gasteiger partial charge is 0.370 e. The molecule has 0 radical (unpaired) electrons. The summed E-state index contributed by atoms with van der Waals surface area (Å²) < 4.78 is 26.2. The first-order valence-electron chi connectivity index (χ1n) is 5.58. The lowest BCUT2D eigenvalue weighted by Gasteiger charge is -2.15. The van der Waals surface area contributed by atoms with E-state index in [1.54, 1.807) is 0 Å². The number of hydrogen-bond acceptors (Lipinski definition) is 4. The predicted molar refractivity (Wildman–Crippen MR) is 73.2 cm³/mol. The first-order valence-corrected chi connectivity index (χ1v) is 7.44. The predicted octanol–water partition coefficient (Wildman–Crippen LogP) is -0.262. The summed E-state index contributed by atoms with van der Waals surface area (Å²) in [6.45, 7) is 0. The van der Waals surface area contributed by atoms with Crippen LogP contribution in [-0.2, 0) is 19.6 Å². The summed E-state index contributed by atoms with van der Waals surface area (Å²) in [5.74, 6) is -1.54. The van der Waals surface area contributed by atoms with E-state index in [0.717, 1.165) is 0 Å². The van der Waals surface area contributed by atoms with Crippen LogP contribution in [0.15, 0.2) is 29.2 Å². The van der Waals surface area contributed by atoms with Crippen LogP contribution in [0.25, 0.3) is 0 Å². The maximum absolute atomic E-state index is 12.0. The molecule has 0 aliphatic rings. The van der Waals surface area contributed by atoms with Crippen LogP contribution in [-0.4, -0.2) is 26.3 Å². The van der Waals surface area contributed by atoms with Gasteiger partial charge in [-0.15, -0.1) is 0 Å². The number of sulfonamides is 1. The van der Waals surface area contributed by atoms with Crippen molar-refractivity contribution in [2.24, 2.45) is 11.5 Å². The van der Waals surface area contributed by atoms with E-state index in [2.05, 4.69) is 4.72 Å². The molecule has 0 spiro atoms. The summed E-state index contributed by atoms with van der Waals surface area (Å²) in [4.78, 5) is 21.8. The van der Waals surface area contributed by atoms with Gasteiger partial charge in [0, 0.05) is 11.4 Å². The number of amides is 2. The molecule has 0 saturated carbocycles. The zero-order chi connectivity index (χ0) is 15.3. The molecule has 2 amide bonds. The minimum Gasteiger partial charge on any atom is -0.370 e. The Kier molecular flexibility index (Phi) is 5.49. The fraction of sp³-hybridized carbons (Fsp3) is 0.273. The maximum atomic E-state index is 12.0. The van der Waals surface area contributed by atoms with Gasteiger partial charge in [-0.05, 0) is 30.7 Å². The number of rotatable bonds is 7. The Bertz CT molecular complexity index is 601. The minimum atomic E-state index is -3.93. The number of carbonyl (C=O) groups is 2. The average Bonchev–Trinajstić information content (AvgIpc) is 2.34. The highest BCUT2D eigenvalue weighted by Gasteiger charge is 2.24. The van der Waals surface area contributed by atoms with Crippen LogP contribution in [0, 0.1) is 0 Å². The van der Waals surface area contributed by atoms with Gasteiger partial charge in [0.05, 0.1) is 4.90 Å². The van der Waals surface area contributed by atoms with E-state index in [9.17, 15) is 18.0 Å². The second-order valence-corrected chi connectivity index (χ2v) is 6.19. The first-order chi connectivity index (χ1) is 9.22. The fourth-order valence-corrected chi connectivity index (χ4v) is 2.78. The summed E-state index contributed by atoms with van der Waals surface area (Å²) in [6, 6.07) is 4.17.